The number of benzene rings is 8. The lowest BCUT2D eigenvalue weighted by atomic mass is 9.99. The van der Waals surface area contributed by atoms with Crippen LogP contribution >= 0.6 is 0 Å². The first-order valence-electron chi connectivity index (χ1n) is 19.3. The molecule has 0 saturated heterocycles. The quantitative estimate of drug-likeness (QED) is 0.170. The lowest BCUT2D eigenvalue weighted by Crippen LogP contribution is -2.04. The van der Waals surface area contributed by atoms with Crippen molar-refractivity contribution in [3.05, 3.63) is 200 Å². The van der Waals surface area contributed by atoms with Crippen molar-refractivity contribution >= 4 is 43.6 Å². The second kappa shape index (κ2) is 13.6. The van der Waals surface area contributed by atoms with Gasteiger partial charge in [-0.2, -0.15) is 5.26 Å². The molecule has 3 heterocycles. The standard InChI is InChI=1S/C52H32N6/c53-33-34-24-27-48-42(30-34)40-20-11-13-23-46(40)58(48)49-29-26-38(37-25-28-47-43(31-37)41-21-10-12-22-45(41)57(47)39-18-8-3-9-19-39)32-44(49)52-55-50(35-14-4-1-5-15-35)54-51(56-52)36-16-6-2-7-17-36/h1-32H. The smallest absolute Gasteiger partial charge is 0.166 e. The minimum absolute atomic E-state index is 0.561. The zero-order valence-corrected chi connectivity index (χ0v) is 31.2. The van der Waals surface area contributed by atoms with Crippen LogP contribution in [0.4, 0.5) is 0 Å². The minimum Gasteiger partial charge on any atom is -0.309 e. The van der Waals surface area contributed by atoms with E-state index in [1.54, 1.807) is 0 Å². The summed E-state index contributed by atoms with van der Waals surface area (Å²) in [6.07, 6.45) is 0. The Morgan fingerprint density at radius 3 is 1.50 bits per heavy atom. The van der Waals surface area contributed by atoms with Crippen molar-refractivity contribution < 1.29 is 0 Å². The SMILES string of the molecule is N#Cc1ccc2c(c1)c1ccccc1n2-c1ccc(-c2ccc3c(c2)c2ccccc2n3-c2ccccc2)cc1-c1nc(-c2ccccc2)nc(-c2ccccc2)n1. The second-order valence-corrected chi connectivity index (χ2v) is 14.4. The maximum atomic E-state index is 9.87. The first kappa shape index (κ1) is 33.2. The molecule has 6 nitrogen and oxygen atoms in total. The highest BCUT2D eigenvalue weighted by Gasteiger charge is 2.21. The summed E-state index contributed by atoms with van der Waals surface area (Å²) in [5.74, 6) is 1.75. The number of nitrogens with zero attached hydrogens (tertiary/aromatic N) is 6. The second-order valence-electron chi connectivity index (χ2n) is 14.4. The molecular formula is C52H32N6. The predicted molar refractivity (Wildman–Crippen MR) is 235 cm³/mol. The van der Waals surface area contributed by atoms with Gasteiger partial charge in [0.05, 0.1) is 39.4 Å². The molecule has 0 N–H and O–H groups in total. The van der Waals surface area contributed by atoms with E-state index in [4.69, 9.17) is 15.0 Å². The Kier molecular flexibility index (Phi) is 7.76. The van der Waals surface area contributed by atoms with Crippen molar-refractivity contribution in [2.75, 3.05) is 0 Å². The van der Waals surface area contributed by atoms with Gasteiger partial charge in [-0.3, -0.25) is 0 Å². The number of fused-ring (bicyclic) bond motifs is 6. The van der Waals surface area contributed by atoms with E-state index in [2.05, 4.69) is 124 Å². The molecule has 0 unspecified atom stereocenters. The molecule has 0 bridgehead atoms. The van der Waals surface area contributed by atoms with Crippen LogP contribution < -0.4 is 0 Å². The van der Waals surface area contributed by atoms with Gasteiger partial charge in [-0.15, -0.1) is 0 Å². The van der Waals surface area contributed by atoms with Crippen LogP contribution in [-0.2, 0) is 0 Å². The van der Waals surface area contributed by atoms with Crippen LogP contribution in [0.5, 0.6) is 0 Å². The summed E-state index contributed by atoms with van der Waals surface area (Å²) in [5, 5.41) is 14.3. The molecule has 0 fully saturated rings. The highest BCUT2D eigenvalue weighted by Crippen LogP contribution is 2.40. The van der Waals surface area contributed by atoms with Crippen molar-refractivity contribution in [2.24, 2.45) is 0 Å². The van der Waals surface area contributed by atoms with Crippen LogP contribution in [0.3, 0.4) is 0 Å². The van der Waals surface area contributed by atoms with Crippen LogP contribution in [-0.4, -0.2) is 24.1 Å². The molecule has 8 aromatic carbocycles. The maximum Gasteiger partial charge on any atom is 0.166 e. The normalized spacial score (nSPS) is 11.4. The third-order valence-electron chi connectivity index (χ3n) is 11.0. The van der Waals surface area contributed by atoms with E-state index in [1.807, 2.05) is 84.9 Å². The summed E-state index contributed by atoms with van der Waals surface area (Å²) in [6.45, 7) is 0. The first-order valence-corrected chi connectivity index (χ1v) is 19.3. The number of para-hydroxylation sites is 3. The average Bonchev–Trinajstić information content (AvgIpc) is 3.81. The molecule has 0 aliphatic rings. The molecule has 3 aromatic heterocycles. The van der Waals surface area contributed by atoms with Crippen LogP contribution in [0.25, 0.3) is 100 Å². The molecule has 6 heteroatoms. The van der Waals surface area contributed by atoms with Crippen molar-refractivity contribution in [1.82, 2.24) is 24.1 Å². The van der Waals surface area contributed by atoms with Crippen molar-refractivity contribution in [1.29, 1.82) is 5.26 Å². The first-order chi connectivity index (χ1) is 28.7. The van der Waals surface area contributed by atoms with E-state index in [-0.39, 0.29) is 0 Å². The van der Waals surface area contributed by atoms with E-state index >= 15 is 0 Å². The molecule has 11 rings (SSSR count). The zero-order valence-electron chi connectivity index (χ0n) is 31.2. The van der Waals surface area contributed by atoms with Gasteiger partial charge in [-0.05, 0) is 77.9 Å². The molecule has 0 radical (unpaired) electrons. The Morgan fingerprint density at radius 1 is 0.362 bits per heavy atom. The van der Waals surface area contributed by atoms with Crippen LogP contribution in [0.1, 0.15) is 5.56 Å². The summed E-state index contributed by atoms with van der Waals surface area (Å²) in [6, 6.07) is 69.2. The maximum absolute atomic E-state index is 9.87. The molecule has 0 aliphatic heterocycles. The van der Waals surface area contributed by atoms with Crippen molar-refractivity contribution in [2.45, 2.75) is 0 Å². The molecule has 58 heavy (non-hydrogen) atoms. The van der Waals surface area contributed by atoms with Crippen molar-refractivity contribution in [3.8, 4) is 62.7 Å². The van der Waals surface area contributed by atoms with Crippen LogP contribution in [0.15, 0.2) is 194 Å². The number of hydrogen-bond donors (Lipinski definition) is 0. The van der Waals surface area contributed by atoms with Gasteiger partial charge in [0.25, 0.3) is 0 Å². The Balaban J connectivity index is 1.19. The van der Waals surface area contributed by atoms with Crippen LogP contribution in [0, 0.1) is 11.3 Å². The lowest BCUT2D eigenvalue weighted by Gasteiger charge is -2.16. The summed E-state index contributed by atoms with van der Waals surface area (Å²) in [4.78, 5) is 15.5. The molecular weight excluding hydrogens is 709 g/mol. The molecule has 0 amide bonds. The topological polar surface area (TPSA) is 72.3 Å². The third-order valence-corrected chi connectivity index (χ3v) is 11.0. The number of hydrogen-bond acceptors (Lipinski definition) is 4. The van der Waals surface area contributed by atoms with E-state index in [1.165, 1.54) is 10.8 Å². The highest BCUT2D eigenvalue weighted by molar-refractivity contribution is 6.11. The fourth-order valence-corrected chi connectivity index (χ4v) is 8.33. The Morgan fingerprint density at radius 2 is 0.845 bits per heavy atom. The van der Waals surface area contributed by atoms with E-state index in [0.717, 1.165) is 72.0 Å². The van der Waals surface area contributed by atoms with Gasteiger partial charge < -0.3 is 9.13 Å². The average molecular weight is 741 g/mol. The van der Waals surface area contributed by atoms with Gasteiger partial charge in [0.1, 0.15) is 0 Å². The van der Waals surface area contributed by atoms with Gasteiger partial charge in [0.15, 0.2) is 17.5 Å². The van der Waals surface area contributed by atoms with Crippen molar-refractivity contribution in [3.63, 3.8) is 0 Å². The molecule has 0 atom stereocenters. The third kappa shape index (κ3) is 5.45. The lowest BCUT2D eigenvalue weighted by molar-refractivity contribution is 1.06. The molecule has 0 saturated carbocycles. The van der Waals surface area contributed by atoms with E-state index in [0.29, 0.717) is 23.0 Å². The van der Waals surface area contributed by atoms with Gasteiger partial charge in [-0.25, -0.2) is 15.0 Å². The highest BCUT2D eigenvalue weighted by atomic mass is 15.1. The predicted octanol–water partition coefficient (Wildman–Crippen LogP) is 12.6. The largest absolute Gasteiger partial charge is 0.309 e. The van der Waals surface area contributed by atoms with Gasteiger partial charge >= 0.3 is 0 Å². The Bertz CT molecular complexity index is 3340. The monoisotopic (exact) mass is 740 g/mol. The number of rotatable bonds is 6. The summed E-state index contributed by atoms with van der Waals surface area (Å²) >= 11 is 0. The van der Waals surface area contributed by atoms with Gasteiger partial charge in [0.2, 0.25) is 0 Å². The summed E-state index contributed by atoms with van der Waals surface area (Å²) in [5.41, 5.74) is 11.8. The molecule has 270 valence electrons. The summed E-state index contributed by atoms with van der Waals surface area (Å²) < 4.78 is 4.61. The Hall–Kier alpha value is -8.14. The van der Waals surface area contributed by atoms with Gasteiger partial charge in [0, 0.05) is 43.9 Å². The summed E-state index contributed by atoms with van der Waals surface area (Å²) in [7, 11) is 0. The molecule has 0 spiro atoms. The molecule has 11 aromatic rings. The fourth-order valence-electron chi connectivity index (χ4n) is 8.33. The number of aromatic nitrogens is 5. The van der Waals surface area contributed by atoms with Gasteiger partial charge in [-0.1, -0.05) is 127 Å². The van der Waals surface area contributed by atoms with E-state index in [9.17, 15) is 5.26 Å². The number of nitriles is 1. The van der Waals surface area contributed by atoms with E-state index < -0.39 is 0 Å². The minimum atomic E-state index is 0.561. The zero-order chi connectivity index (χ0) is 38.6. The Labute approximate surface area is 334 Å². The van der Waals surface area contributed by atoms with Crippen LogP contribution in [0.2, 0.25) is 0 Å². The molecule has 0 aliphatic carbocycles. The fraction of sp³-hybridized carbons (Fsp3) is 0.